The second-order valence-corrected chi connectivity index (χ2v) is 28.4. The molecule has 4 aliphatic heterocycles. The van der Waals surface area contributed by atoms with E-state index in [0.717, 1.165) is 82.8 Å². The van der Waals surface area contributed by atoms with Crippen LogP contribution in [0.4, 0.5) is 22.7 Å². The van der Waals surface area contributed by atoms with E-state index < -0.39 is 22.3 Å². The molecule has 23 nitrogen and oxygen atoms in total. The van der Waals surface area contributed by atoms with Crippen molar-refractivity contribution >= 4 is 105 Å². The number of phenolic OH excluding ortho intramolecular Hbond substituents is 1. The summed E-state index contributed by atoms with van der Waals surface area (Å²) >= 11 is 5.93. The van der Waals surface area contributed by atoms with Crippen LogP contribution in [0.2, 0.25) is 0 Å². The summed E-state index contributed by atoms with van der Waals surface area (Å²) in [4.78, 5) is 86.3. The molecule has 27 heteroatoms. The summed E-state index contributed by atoms with van der Waals surface area (Å²) in [5, 5.41) is 23.3. The Hall–Kier alpha value is -10.5. The number of nitrogens with zero attached hydrogens (tertiary/aromatic N) is 2. The van der Waals surface area contributed by atoms with E-state index in [1.54, 1.807) is 101 Å². The molecule has 6 N–H and O–H groups in total. The van der Waals surface area contributed by atoms with Crippen molar-refractivity contribution in [1.29, 1.82) is 0 Å². The standard InChI is InChI=1S/C24H26N2O5S.C19H19NO3S.C18H18N2O5S.C18H19NO4S/c1-4-12-30-19-10-11-20-21(15-19)32-22(14-17-6-8-18(29-3)9-7-17)24(28)26(20)16-23(27)25-31-13-5-2;1-3-10-23-15-8-9-16-17(12-15)24-18(19(21)20-16)11-13-4-6-14(22-2)7-5-13;1-25-13-5-2-11(3-6-13)8-16-18(23)20(10-17(22)19-24)14-7-4-12(21)9-15(14)26-16;1-21-11-23-14-7-8-15-16(10-14)24-17(18(20)19-15)9-12-3-5-13(22-2)6-4-12/h4-11,15,22H,1-2,12-14,16H2,3H3,(H,25,27);3-9,12,18H,1,10-11H2,2H3,(H,20,21);2-7,9,16,21,24H,8,10H2,1H3,(H,19,22);3-8,10,17H,9,11H2,1-2H3,(H,19,20). The molecule has 6 amide bonds. The Balaban J connectivity index is 0.000000165. The summed E-state index contributed by atoms with van der Waals surface area (Å²) in [6, 6.07) is 52.0. The molecule has 0 saturated carbocycles. The van der Waals surface area contributed by atoms with Crippen LogP contribution in [0.5, 0.6) is 46.0 Å². The van der Waals surface area contributed by atoms with Crippen molar-refractivity contribution in [2.45, 2.75) is 66.3 Å². The van der Waals surface area contributed by atoms with Gasteiger partial charge in [-0.25, -0.2) is 11.0 Å². The number of fused-ring (bicyclic) bond motifs is 4. The zero-order valence-electron chi connectivity index (χ0n) is 58.9. The van der Waals surface area contributed by atoms with Crippen LogP contribution in [-0.2, 0) is 64.0 Å². The first kappa shape index (κ1) is 79.6. The van der Waals surface area contributed by atoms with Gasteiger partial charge in [-0.3, -0.25) is 38.8 Å². The molecule has 8 aromatic carbocycles. The third-order valence-corrected chi connectivity index (χ3v) is 21.1. The number of carbonyl (C=O) groups excluding carboxylic acids is 6. The minimum atomic E-state index is -0.688. The number of benzene rings is 8. The molecule has 12 rings (SSSR count). The smallest absolute Gasteiger partial charge is 0.263 e. The van der Waals surface area contributed by atoms with Crippen LogP contribution in [0.25, 0.3) is 0 Å². The van der Waals surface area contributed by atoms with Crippen LogP contribution in [0, 0.1) is 0 Å². The SMILES string of the molecule is C=CCONC(=O)CN1C(=O)C(Cc2ccc(OC)cc2)Sc2cc(OCC=C)ccc21.C=CCOc1ccc2c(c1)SC(Cc1ccc(OC)cc1)C(=O)N2.COCOc1ccc2c(c1)SC(Cc1ccc(OC)cc1)C(=O)N2.COc1ccc(CC2Sc3cc(O)ccc3N(CC(=O)NO)C2=O)cc1. The van der Waals surface area contributed by atoms with Crippen LogP contribution >= 0.6 is 47.0 Å². The molecule has 4 aliphatic rings. The molecule has 554 valence electrons. The van der Waals surface area contributed by atoms with Gasteiger partial charge in [0.05, 0.1) is 78.8 Å². The molecule has 8 aromatic rings. The molecule has 4 unspecified atom stereocenters. The van der Waals surface area contributed by atoms with E-state index in [1.165, 1.54) is 45.5 Å². The van der Waals surface area contributed by atoms with Crippen molar-refractivity contribution in [3.05, 3.63) is 230 Å². The average Bonchev–Trinajstić information content (AvgIpc) is 0.790. The predicted octanol–water partition coefficient (Wildman–Crippen LogP) is 12.7. The number of carbonyl (C=O) groups is 6. The van der Waals surface area contributed by atoms with E-state index in [0.29, 0.717) is 60.9 Å². The highest BCUT2D eigenvalue weighted by atomic mass is 32.2. The number of hydrogen-bond donors (Lipinski definition) is 6. The van der Waals surface area contributed by atoms with Crippen LogP contribution < -0.4 is 64.6 Å². The van der Waals surface area contributed by atoms with E-state index in [4.69, 9.17) is 47.9 Å². The van der Waals surface area contributed by atoms with Gasteiger partial charge in [-0.05, 0) is 169 Å². The van der Waals surface area contributed by atoms with Gasteiger partial charge >= 0.3 is 0 Å². The Morgan fingerprint density at radius 2 is 0.792 bits per heavy atom. The maximum atomic E-state index is 13.3. The average molecular weight is 1520 g/mol. The molecule has 0 bridgehead atoms. The summed E-state index contributed by atoms with van der Waals surface area (Å²) in [6.07, 6.45) is 7.19. The summed E-state index contributed by atoms with van der Waals surface area (Å²) in [5.74, 6) is 3.94. The van der Waals surface area contributed by atoms with Gasteiger partial charge in [0.15, 0.2) is 6.79 Å². The normalized spacial score (nSPS) is 15.8. The number of aromatic hydroxyl groups is 1. The number of nitrogens with one attached hydrogen (secondary N) is 4. The number of rotatable bonds is 28. The van der Waals surface area contributed by atoms with Gasteiger partial charge < -0.3 is 63.4 Å². The van der Waals surface area contributed by atoms with E-state index in [-0.39, 0.29) is 66.4 Å². The Morgan fingerprint density at radius 3 is 1.19 bits per heavy atom. The van der Waals surface area contributed by atoms with Crippen LogP contribution in [0.15, 0.2) is 227 Å². The fourth-order valence-electron chi connectivity index (χ4n) is 10.9. The first-order valence-electron chi connectivity index (χ1n) is 33.2. The van der Waals surface area contributed by atoms with Crippen molar-refractivity contribution in [2.75, 3.05) is 95.7 Å². The molecule has 0 fully saturated rings. The van der Waals surface area contributed by atoms with Gasteiger partial charge in [-0.2, -0.15) is 0 Å². The molecule has 4 atom stereocenters. The maximum absolute atomic E-state index is 13.3. The molecule has 0 spiro atoms. The number of hydrogen-bond acceptors (Lipinski definition) is 21. The van der Waals surface area contributed by atoms with Crippen LogP contribution in [0.1, 0.15) is 22.3 Å². The van der Waals surface area contributed by atoms with Crippen molar-refractivity contribution in [3.63, 3.8) is 0 Å². The molecular weight excluding hydrogens is 1430 g/mol. The third kappa shape index (κ3) is 22.5. The van der Waals surface area contributed by atoms with Crippen molar-refractivity contribution in [1.82, 2.24) is 11.0 Å². The lowest BCUT2D eigenvalue weighted by molar-refractivity contribution is -0.132. The van der Waals surface area contributed by atoms with Gasteiger partial charge in [-0.15, -0.1) is 53.6 Å². The highest BCUT2D eigenvalue weighted by Gasteiger charge is 2.37. The second kappa shape index (κ2) is 40.1. The zero-order valence-corrected chi connectivity index (χ0v) is 62.2. The van der Waals surface area contributed by atoms with Gasteiger partial charge in [-0.1, -0.05) is 79.9 Å². The summed E-state index contributed by atoms with van der Waals surface area (Å²) in [6.45, 7) is 11.6. The lowest BCUT2D eigenvalue weighted by Gasteiger charge is -2.33. The Bertz CT molecular complexity index is 4360. The predicted molar refractivity (Wildman–Crippen MR) is 413 cm³/mol. The molecule has 0 aromatic heterocycles. The molecule has 0 radical (unpaired) electrons. The minimum absolute atomic E-state index is 0.0221. The second-order valence-electron chi connectivity index (χ2n) is 23.5. The number of ether oxygens (including phenoxy) is 8. The summed E-state index contributed by atoms with van der Waals surface area (Å²) < 4.78 is 42.3. The number of methoxy groups -OCH3 is 5. The first-order chi connectivity index (χ1) is 51.4. The number of hydroxylamine groups is 2. The van der Waals surface area contributed by atoms with E-state index in [9.17, 15) is 33.9 Å². The van der Waals surface area contributed by atoms with Gasteiger partial charge in [0.2, 0.25) is 23.6 Å². The molecule has 4 heterocycles. The van der Waals surface area contributed by atoms with Crippen LogP contribution in [-0.4, -0.2) is 142 Å². The van der Waals surface area contributed by atoms with Crippen molar-refractivity contribution < 1.29 is 81.8 Å². The Morgan fingerprint density at radius 1 is 0.443 bits per heavy atom. The molecular formula is C79H82N6O17S4. The molecule has 106 heavy (non-hydrogen) atoms. The third-order valence-electron chi connectivity index (χ3n) is 16.1. The Kier molecular flexibility index (Phi) is 30.1. The molecule has 0 saturated heterocycles. The van der Waals surface area contributed by atoms with Gasteiger partial charge in [0.1, 0.15) is 72.3 Å². The van der Waals surface area contributed by atoms with E-state index in [1.807, 2.05) is 140 Å². The Labute approximate surface area is 632 Å². The highest BCUT2D eigenvalue weighted by molar-refractivity contribution is 8.01. The van der Waals surface area contributed by atoms with Crippen LogP contribution in [0.3, 0.4) is 0 Å². The fraction of sp³-hybridized carbons (Fsp3) is 0.241. The summed E-state index contributed by atoms with van der Waals surface area (Å²) in [5.41, 5.74) is 10.9. The van der Waals surface area contributed by atoms with E-state index in [2.05, 4.69) is 35.9 Å². The first-order valence-corrected chi connectivity index (χ1v) is 36.7. The topological polar surface area (TPSA) is 281 Å². The van der Waals surface area contributed by atoms with Gasteiger partial charge in [0.25, 0.3) is 11.8 Å². The zero-order chi connectivity index (χ0) is 75.5. The largest absolute Gasteiger partial charge is 0.508 e. The number of amides is 6. The lowest BCUT2D eigenvalue weighted by atomic mass is 10.1. The summed E-state index contributed by atoms with van der Waals surface area (Å²) in [7, 11) is 8.06. The fourth-order valence-corrected chi connectivity index (χ4v) is 15.8. The number of thioether (sulfide) groups is 4. The lowest BCUT2D eigenvalue weighted by Crippen LogP contribution is -2.47. The van der Waals surface area contributed by atoms with E-state index >= 15 is 0 Å². The van der Waals surface area contributed by atoms with Crippen molar-refractivity contribution in [2.24, 2.45) is 0 Å². The maximum Gasteiger partial charge on any atom is 0.263 e. The minimum Gasteiger partial charge on any atom is -0.508 e. The van der Waals surface area contributed by atoms with Gasteiger partial charge in [0, 0.05) is 26.7 Å². The number of anilines is 4. The molecule has 0 aliphatic carbocycles. The monoisotopic (exact) mass is 1510 g/mol. The quantitative estimate of drug-likeness (QED) is 0.00874. The van der Waals surface area contributed by atoms with Crippen molar-refractivity contribution in [3.8, 4) is 46.0 Å². The highest BCUT2D eigenvalue weighted by Crippen LogP contribution is 2.45. The number of phenols is 1.